The number of rotatable bonds is 1. The summed E-state index contributed by atoms with van der Waals surface area (Å²) in [5.74, 6) is -1.01. The second-order valence-corrected chi connectivity index (χ2v) is 4.41. The van der Waals surface area contributed by atoms with Crippen LogP contribution in [0.25, 0.3) is 11.1 Å². The molecule has 0 aliphatic carbocycles. The highest BCUT2D eigenvalue weighted by Gasteiger charge is 2.27. The Hall–Kier alpha value is -2.42. The summed E-state index contributed by atoms with van der Waals surface area (Å²) in [6.07, 6.45) is 0. The highest BCUT2D eigenvalue weighted by atomic mass is 16.2. The fraction of sp³-hybridized carbons (Fsp3) is 0.0667. The van der Waals surface area contributed by atoms with Gasteiger partial charge < -0.3 is 5.32 Å². The van der Waals surface area contributed by atoms with Crippen molar-refractivity contribution in [1.29, 1.82) is 0 Å². The average Bonchev–Trinajstić information content (AvgIpc) is 2.66. The van der Waals surface area contributed by atoms with E-state index in [-0.39, 0.29) is 0 Å². The summed E-state index contributed by atoms with van der Waals surface area (Å²) in [4.78, 5) is 22.9. The van der Waals surface area contributed by atoms with Gasteiger partial charge in [0.05, 0.1) is 11.3 Å². The summed E-state index contributed by atoms with van der Waals surface area (Å²) in [6.45, 7) is 2.03. The lowest BCUT2D eigenvalue weighted by Gasteiger charge is -2.04. The van der Waals surface area contributed by atoms with Crippen molar-refractivity contribution in [3.8, 4) is 11.1 Å². The fourth-order valence-corrected chi connectivity index (χ4v) is 2.07. The van der Waals surface area contributed by atoms with Gasteiger partial charge in [-0.05, 0) is 30.2 Å². The largest absolute Gasteiger partial charge is 0.318 e. The van der Waals surface area contributed by atoms with Crippen LogP contribution in [0.4, 0.5) is 5.69 Å². The van der Waals surface area contributed by atoms with Crippen molar-refractivity contribution in [1.82, 2.24) is 0 Å². The maximum atomic E-state index is 11.6. The van der Waals surface area contributed by atoms with Gasteiger partial charge in [0.15, 0.2) is 0 Å². The molecule has 2 aromatic rings. The minimum Gasteiger partial charge on any atom is -0.318 e. The van der Waals surface area contributed by atoms with E-state index < -0.39 is 11.7 Å². The molecule has 0 unspecified atom stereocenters. The maximum Gasteiger partial charge on any atom is 0.296 e. The number of nitrogens with one attached hydrogen (secondary N) is 1. The predicted molar refractivity (Wildman–Crippen MR) is 69.6 cm³/mol. The summed E-state index contributed by atoms with van der Waals surface area (Å²) in [5, 5.41) is 2.55. The summed E-state index contributed by atoms with van der Waals surface area (Å²) >= 11 is 0. The zero-order valence-corrected chi connectivity index (χ0v) is 9.86. The SMILES string of the molecule is Cc1ccc(-c2ccc3c(c2)C(=O)C(=O)N3)cc1. The third-order valence-electron chi connectivity index (χ3n) is 3.10. The molecule has 3 rings (SSSR count). The molecule has 0 atom stereocenters. The van der Waals surface area contributed by atoms with Gasteiger partial charge in [0, 0.05) is 0 Å². The zero-order valence-electron chi connectivity index (χ0n) is 9.86. The van der Waals surface area contributed by atoms with Gasteiger partial charge in [-0.1, -0.05) is 35.9 Å². The summed E-state index contributed by atoms with van der Waals surface area (Å²) in [7, 11) is 0. The molecule has 2 aromatic carbocycles. The molecule has 88 valence electrons. The molecule has 18 heavy (non-hydrogen) atoms. The predicted octanol–water partition coefficient (Wildman–Crippen LogP) is 2.80. The van der Waals surface area contributed by atoms with Crippen LogP contribution >= 0.6 is 0 Å². The highest BCUT2D eigenvalue weighted by Crippen LogP contribution is 2.29. The second-order valence-electron chi connectivity index (χ2n) is 4.41. The first kappa shape index (κ1) is 10.7. The summed E-state index contributed by atoms with van der Waals surface area (Å²) in [6, 6.07) is 13.5. The van der Waals surface area contributed by atoms with Crippen LogP contribution in [0.5, 0.6) is 0 Å². The van der Waals surface area contributed by atoms with Crippen LogP contribution in [0, 0.1) is 6.92 Å². The van der Waals surface area contributed by atoms with Crippen LogP contribution < -0.4 is 5.32 Å². The Morgan fingerprint density at radius 1 is 0.889 bits per heavy atom. The quantitative estimate of drug-likeness (QED) is 0.775. The first-order chi connectivity index (χ1) is 8.65. The number of hydrogen-bond donors (Lipinski definition) is 1. The third-order valence-corrected chi connectivity index (χ3v) is 3.10. The average molecular weight is 237 g/mol. The van der Waals surface area contributed by atoms with Crippen LogP contribution in [0.2, 0.25) is 0 Å². The van der Waals surface area contributed by atoms with E-state index in [2.05, 4.69) is 5.32 Å². The number of hydrogen-bond acceptors (Lipinski definition) is 2. The van der Waals surface area contributed by atoms with E-state index in [1.54, 1.807) is 12.1 Å². The van der Waals surface area contributed by atoms with Crippen LogP contribution in [0.15, 0.2) is 42.5 Å². The molecule has 1 amide bonds. The zero-order chi connectivity index (χ0) is 12.7. The van der Waals surface area contributed by atoms with Crippen molar-refractivity contribution < 1.29 is 9.59 Å². The Kier molecular flexibility index (Phi) is 2.27. The van der Waals surface area contributed by atoms with Crippen LogP contribution in [0.3, 0.4) is 0 Å². The normalized spacial score (nSPS) is 13.4. The van der Waals surface area contributed by atoms with Crippen molar-refractivity contribution in [3.63, 3.8) is 0 Å². The number of aryl methyl sites for hydroxylation is 1. The molecule has 0 saturated carbocycles. The monoisotopic (exact) mass is 237 g/mol. The molecule has 0 fully saturated rings. The Balaban J connectivity index is 2.09. The number of anilines is 1. The van der Waals surface area contributed by atoms with Crippen molar-refractivity contribution in [3.05, 3.63) is 53.6 Å². The van der Waals surface area contributed by atoms with E-state index >= 15 is 0 Å². The third kappa shape index (κ3) is 1.61. The number of carbonyl (C=O) groups is 2. The van der Waals surface area contributed by atoms with E-state index in [9.17, 15) is 9.59 Å². The van der Waals surface area contributed by atoms with Gasteiger partial charge in [-0.15, -0.1) is 0 Å². The second kappa shape index (κ2) is 3.81. The Labute approximate surface area is 104 Å². The molecule has 0 aromatic heterocycles. The van der Waals surface area contributed by atoms with Crippen molar-refractivity contribution in [2.75, 3.05) is 5.32 Å². The van der Waals surface area contributed by atoms with Gasteiger partial charge in [-0.3, -0.25) is 9.59 Å². The maximum absolute atomic E-state index is 11.6. The molecule has 0 spiro atoms. The first-order valence-corrected chi connectivity index (χ1v) is 5.72. The molecule has 3 nitrogen and oxygen atoms in total. The van der Waals surface area contributed by atoms with Gasteiger partial charge in [0.2, 0.25) is 0 Å². The van der Waals surface area contributed by atoms with Gasteiger partial charge >= 0.3 is 0 Å². The van der Waals surface area contributed by atoms with Gasteiger partial charge in [0.25, 0.3) is 11.7 Å². The first-order valence-electron chi connectivity index (χ1n) is 5.72. The van der Waals surface area contributed by atoms with E-state index in [0.717, 1.165) is 11.1 Å². The molecule has 1 aliphatic rings. The van der Waals surface area contributed by atoms with Crippen LogP contribution in [-0.4, -0.2) is 11.7 Å². The van der Waals surface area contributed by atoms with Gasteiger partial charge in [-0.2, -0.15) is 0 Å². The Bertz CT molecular complexity index is 657. The van der Waals surface area contributed by atoms with E-state index in [0.29, 0.717) is 11.3 Å². The summed E-state index contributed by atoms with van der Waals surface area (Å²) in [5.41, 5.74) is 4.22. The molecule has 0 bridgehead atoms. The number of benzene rings is 2. The molecular weight excluding hydrogens is 226 g/mol. The number of carbonyl (C=O) groups excluding carboxylic acids is 2. The molecule has 1 N–H and O–H groups in total. The van der Waals surface area contributed by atoms with E-state index in [1.807, 2.05) is 37.3 Å². The number of Topliss-reactive ketones (excluding diaryl/α,β-unsaturated/α-hetero) is 1. The van der Waals surface area contributed by atoms with Crippen molar-refractivity contribution in [2.24, 2.45) is 0 Å². The topological polar surface area (TPSA) is 46.2 Å². The van der Waals surface area contributed by atoms with Crippen molar-refractivity contribution >= 4 is 17.4 Å². The van der Waals surface area contributed by atoms with Crippen LogP contribution in [0.1, 0.15) is 15.9 Å². The number of amides is 1. The lowest BCUT2D eigenvalue weighted by molar-refractivity contribution is -0.112. The Morgan fingerprint density at radius 2 is 1.56 bits per heavy atom. The summed E-state index contributed by atoms with van der Waals surface area (Å²) < 4.78 is 0. The fourth-order valence-electron chi connectivity index (χ4n) is 2.07. The number of ketones is 1. The van der Waals surface area contributed by atoms with Crippen molar-refractivity contribution in [2.45, 2.75) is 6.92 Å². The lowest BCUT2D eigenvalue weighted by atomic mass is 10.0. The molecule has 0 radical (unpaired) electrons. The molecule has 1 heterocycles. The molecule has 3 heteroatoms. The van der Waals surface area contributed by atoms with Crippen LogP contribution in [-0.2, 0) is 4.79 Å². The van der Waals surface area contributed by atoms with Gasteiger partial charge in [-0.25, -0.2) is 0 Å². The molecule has 1 aliphatic heterocycles. The van der Waals surface area contributed by atoms with E-state index in [4.69, 9.17) is 0 Å². The van der Waals surface area contributed by atoms with Gasteiger partial charge in [0.1, 0.15) is 0 Å². The van der Waals surface area contributed by atoms with E-state index in [1.165, 1.54) is 5.56 Å². The lowest BCUT2D eigenvalue weighted by Crippen LogP contribution is -2.12. The highest BCUT2D eigenvalue weighted by molar-refractivity contribution is 6.51. The standard InChI is InChI=1S/C15H11NO2/c1-9-2-4-10(5-3-9)11-6-7-13-12(8-11)14(17)15(18)16-13/h2-8H,1H3,(H,16,17,18). The smallest absolute Gasteiger partial charge is 0.296 e. The number of fused-ring (bicyclic) bond motifs is 1. The Morgan fingerprint density at radius 3 is 2.28 bits per heavy atom. The minimum absolute atomic E-state index is 0.457. The minimum atomic E-state index is -0.550. The molecular formula is C15H11NO2. The molecule has 0 saturated heterocycles.